The van der Waals surface area contributed by atoms with Gasteiger partial charge in [0.05, 0.1) is 28.0 Å². The molecule has 1 unspecified atom stereocenters. The van der Waals surface area contributed by atoms with Crippen LogP contribution in [0.25, 0.3) is 11.0 Å². The highest BCUT2D eigenvalue weighted by atomic mass is 35.5. The first-order valence-electron chi connectivity index (χ1n) is 6.76. The van der Waals surface area contributed by atoms with Gasteiger partial charge >= 0.3 is 0 Å². The zero-order chi connectivity index (χ0) is 15.6. The van der Waals surface area contributed by atoms with E-state index in [9.17, 15) is 4.79 Å². The lowest BCUT2D eigenvalue weighted by atomic mass is 10.2. The van der Waals surface area contributed by atoms with E-state index in [1.165, 1.54) is 0 Å². The summed E-state index contributed by atoms with van der Waals surface area (Å²) in [7, 11) is 1.76. The van der Waals surface area contributed by atoms with E-state index in [0.29, 0.717) is 17.9 Å². The molecule has 21 heavy (non-hydrogen) atoms. The number of hydrogen-bond donors (Lipinski definition) is 0. The molecule has 1 aromatic heterocycles. The van der Waals surface area contributed by atoms with Crippen molar-refractivity contribution in [2.45, 2.75) is 25.8 Å². The van der Waals surface area contributed by atoms with Crippen LogP contribution < -0.4 is 0 Å². The average Bonchev–Trinajstić information content (AvgIpc) is 2.84. The zero-order valence-electron chi connectivity index (χ0n) is 12.3. The van der Waals surface area contributed by atoms with E-state index >= 15 is 0 Å². The highest BCUT2D eigenvalue weighted by Gasteiger charge is 2.18. The van der Waals surface area contributed by atoms with E-state index < -0.39 is 0 Å². The molecule has 0 saturated carbocycles. The van der Waals surface area contributed by atoms with E-state index in [0.717, 1.165) is 11.0 Å². The standard InChI is InChI=1S/C15H17ClN4O/c1-4-19(3)14(21)9-20-13-7-11(8-17)5-6-12(13)18-15(20)10(2)16/h5-7,10H,4,9H2,1-3H3. The summed E-state index contributed by atoms with van der Waals surface area (Å²) in [6.45, 7) is 4.55. The maximum Gasteiger partial charge on any atom is 0.242 e. The first-order chi connectivity index (χ1) is 9.97. The number of carbonyl (C=O) groups excluding carboxylic acids is 1. The molecular weight excluding hydrogens is 288 g/mol. The van der Waals surface area contributed by atoms with Gasteiger partial charge in [0.25, 0.3) is 0 Å². The SMILES string of the molecule is CCN(C)C(=O)Cn1c(C(C)Cl)nc2ccc(C#N)cc21. The molecule has 0 N–H and O–H groups in total. The Morgan fingerprint density at radius 2 is 2.29 bits per heavy atom. The normalized spacial score (nSPS) is 12.1. The van der Waals surface area contributed by atoms with Crippen molar-refractivity contribution in [1.29, 1.82) is 5.26 Å². The number of amides is 1. The van der Waals surface area contributed by atoms with Crippen molar-refractivity contribution in [3.63, 3.8) is 0 Å². The van der Waals surface area contributed by atoms with E-state index in [1.807, 2.05) is 13.8 Å². The summed E-state index contributed by atoms with van der Waals surface area (Å²) < 4.78 is 1.79. The lowest BCUT2D eigenvalue weighted by Gasteiger charge is -2.17. The smallest absolute Gasteiger partial charge is 0.242 e. The third kappa shape index (κ3) is 3.01. The lowest BCUT2D eigenvalue weighted by Crippen LogP contribution is -2.30. The summed E-state index contributed by atoms with van der Waals surface area (Å²) in [6.07, 6.45) is 0. The molecule has 1 amide bonds. The van der Waals surface area contributed by atoms with Gasteiger partial charge in [-0.15, -0.1) is 11.6 Å². The Labute approximate surface area is 128 Å². The maximum absolute atomic E-state index is 12.2. The number of aromatic nitrogens is 2. The molecule has 1 atom stereocenters. The number of rotatable bonds is 4. The monoisotopic (exact) mass is 304 g/mol. The van der Waals surface area contributed by atoms with E-state index in [4.69, 9.17) is 16.9 Å². The molecule has 1 aromatic carbocycles. The third-order valence-corrected chi connectivity index (χ3v) is 3.65. The molecule has 1 heterocycles. The highest BCUT2D eigenvalue weighted by molar-refractivity contribution is 6.20. The molecule has 5 nitrogen and oxygen atoms in total. The van der Waals surface area contributed by atoms with E-state index in [1.54, 1.807) is 34.7 Å². The number of nitriles is 1. The fourth-order valence-corrected chi connectivity index (χ4v) is 2.28. The van der Waals surface area contributed by atoms with E-state index in [-0.39, 0.29) is 17.8 Å². The van der Waals surface area contributed by atoms with Gasteiger partial charge in [0.15, 0.2) is 0 Å². The van der Waals surface area contributed by atoms with Gasteiger partial charge in [-0.2, -0.15) is 5.26 Å². The van der Waals surface area contributed by atoms with Gasteiger partial charge in [-0.3, -0.25) is 4.79 Å². The third-order valence-electron chi connectivity index (χ3n) is 3.46. The first-order valence-corrected chi connectivity index (χ1v) is 7.19. The van der Waals surface area contributed by atoms with Crippen molar-refractivity contribution in [1.82, 2.24) is 14.5 Å². The number of imidazole rings is 1. The van der Waals surface area contributed by atoms with Crippen LogP contribution in [0.4, 0.5) is 0 Å². The van der Waals surface area contributed by atoms with Gasteiger partial charge < -0.3 is 9.47 Å². The summed E-state index contributed by atoms with van der Waals surface area (Å²) in [5.74, 6) is 0.623. The minimum atomic E-state index is -0.317. The molecule has 6 heteroatoms. The highest BCUT2D eigenvalue weighted by Crippen LogP contribution is 2.25. The van der Waals surface area contributed by atoms with Crippen LogP contribution in [0.2, 0.25) is 0 Å². The first kappa shape index (κ1) is 15.3. The number of carbonyl (C=O) groups is 1. The van der Waals surface area contributed by atoms with Gasteiger partial charge in [0, 0.05) is 13.6 Å². The number of halogens is 1. The molecule has 0 spiro atoms. The molecule has 110 valence electrons. The summed E-state index contributed by atoms with van der Waals surface area (Å²) in [4.78, 5) is 18.3. The van der Waals surface area contributed by atoms with Crippen molar-refractivity contribution in [2.75, 3.05) is 13.6 Å². The minimum Gasteiger partial charge on any atom is -0.344 e. The van der Waals surface area contributed by atoms with Crippen molar-refractivity contribution in [2.24, 2.45) is 0 Å². The second-order valence-corrected chi connectivity index (χ2v) is 5.55. The number of hydrogen-bond acceptors (Lipinski definition) is 3. The average molecular weight is 305 g/mol. The van der Waals surface area contributed by atoms with Crippen molar-refractivity contribution in [3.05, 3.63) is 29.6 Å². The molecule has 0 bridgehead atoms. The summed E-state index contributed by atoms with van der Waals surface area (Å²) in [5.41, 5.74) is 2.03. The molecule has 2 aromatic rings. The molecule has 0 saturated heterocycles. The van der Waals surface area contributed by atoms with Crippen molar-refractivity contribution < 1.29 is 4.79 Å². The fourth-order valence-electron chi connectivity index (χ4n) is 2.11. The minimum absolute atomic E-state index is 0.0160. The summed E-state index contributed by atoms with van der Waals surface area (Å²) >= 11 is 6.18. The molecule has 0 aliphatic rings. The molecule has 0 radical (unpaired) electrons. The Bertz CT molecular complexity index is 714. The second kappa shape index (κ2) is 6.15. The maximum atomic E-state index is 12.2. The molecule has 0 aliphatic carbocycles. The van der Waals surface area contributed by atoms with Crippen LogP contribution in [-0.2, 0) is 11.3 Å². The number of alkyl halides is 1. The Balaban J connectivity index is 2.55. The predicted molar refractivity (Wildman–Crippen MR) is 82.0 cm³/mol. The van der Waals surface area contributed by atoms with Crippen LogP contribution in [0.5, 0.6) is 0 Å². The Morgan fingerprint density at radius 1 is 1.57 bits per heavy atom. The molecular formula is C15H17ClN4O. The van der Waals surface area contributed by atoms with Crippen LogP contribution in [0, 0.1) is 11.3 Å². The van der Waals surface area contributed by atoms with Gasteiger partial charge in [-0.1, -0.05) is 0 Å². The largest absolute Gasteiger partial charge is 0.344 e. The summed E-state index contributed by atoms with van der Waals surface area (Å²) in [6, 6.07) is 7.33. The second-order valence-electron chi connectivity index (χ2n) is 4.90. The van der Waals surface area contributed by atoms with Crippen LogP contribution in [0.1, 0.15) is 30.6 Å². The number of fused-ring (bicyclic) bond motifs is 1. The molecule has 2 rings (SSSR count). The number of likely N-dealkylation sites (N-methyl/N-ethyl adjacent to an activating group) is 1. The van der Waals surface area contributed by atoms with Gasteiger partial charge in [-0.05, 0) is 32.0 Å². The van der Waals surface area contributed by atoms with Gasteiger partial charge in [0.2, 0.25) is 5.91 Å². The van der Waals surface area contributed by atoms with Crippen LogP contribution >= 0.6 is 11.6 Å². The summed E-state index contributed by atoms with van der Waals surface area (Å²) in [5, 5.41) is 8.71. The van der Waals surface area contributed by atoms with E-state index in [2.05, 4.69) is 11.1 Å². The Hall–Kier alpha value is -2.06. The van der Waals surface area contributed by atoms with Crippen LogP contribution in [0.15, 0.2) is 18.2 Å². The van der Waals surface area contributed by atoms with Crippen LogP contribution in [0.3, 0.4) is 0 Å². The lowest BCUT2D eigenvalue weighted by molar-refractivity contribution is -0.130. The van der Waals surface area contributed by atoms with Gasteiger partial charge in [0.1, 0.15) is 12.4 Å². The molecule has 0 aliphatic heterocycles. The van der Waals surface area contributed by atoms with Crippen molar-refractivity contribution >= 4 is 28.5 Å². The zero-order valence-corrected chi connectivity index (χ0v) is 13.1. The Kier molecular flexibility index (Phi) is 4.49. The number of nitrogens with zero attached hydrogens (tertiary/aromatic N) is 4. The Morgan fingerprint density at radius 3 is 2.86 bits per heavy atom. The van der Waals surface area contributed by atoms with Crippen LogP contribution in [-0.4, -0.2) is 34.0 Å². The fraction of sp³-hybridized carbons (Fsp3) is 0.400. The number of benzene rings is 1. The van der Waals surface area contributed by atoms with Crippen molar-refractivity contribution in [3.8, 4) is 6.07 Å². The van der Waals surface area contributed by atoms with Gasteiger partial charge in [-0.25, -0.2) is 4.98 Å². The topological polar surface area (TPSA) is 61.9 Å². The predicted octanol–water partition coefficient (Wildman–Crippen LogP) is 2.69. The quantitative estimate of drug-likeness (QED) is 0.816. The molecule has 0 fully saturated rings.